The summed E-state index contributed by atoms with van der Waals surface area (Å²) in [6.45, 7) is -2.12. The van der Waals surface area contributed by atoms with Gasteiger partial charge in [-0.2, -0.15) is 0 Å². The molecule has 0 saturated heterocycles. The van der Waals surface area contributed by atoms with Gasteiger partial charge in [0.05, 0.1) is 0 Å². The molecule has 0 unspecified atom stereocenters. The van der Waals surface area contributed by atoms with Crippen LogP contribution in [0.5, 0.6) is 0 Å². The van der Waals surface area contributed by atoms with Crippen molar-refractivity contribution in [2.24, 2.45) is 0 Å². The first-order valence-corrected chi connectivity index (χ1v) is 1.42. The van der Waals surface area contributed by atoms with E-state index in [9.17, 15) is 9.59 Å². The average molecular weight is 130 g/mol. The number of carbonyl (C=O) groups is 2. The van der Waals surface area contributed by atoms with Crippen LogP contribution in [0.25, 0.3) is 0 Å². The smallest absolute Gasteiger partial charge is 0.372 e. The molecule has 1 N–H and O–H groups in total. The van der Waals surface area contributed by atoms with Gasteiger partial charge in [-0.15, -0.1) is 0 Å². The number of carbonyl (C=O) groups excluding carboxylic acids is 1. The molecule has 0 aromatic rings. The van der Waals surface area contributed by atoms with E-state index in [1.165, 1.54) is 0 Å². The number of carboxylic acid groups (broad SMARTS) is 1. The molecule has 0 aliphatic rings. The van der Waals surface area contributed by atoms with Crippen LogP contribution >= 0.6 is 0 Å². The van der Waals surface area contributed by atoms with Gasteiger partial charge in [0, 0.05) is 41.4 Å². The fourth-order valence-electron chi connectivity index (χ4n) is 0.0617. The van der Waals surface area contributed by atoms with E-state index in [4.69, 9.17) is 10.6 Å². The van der Waals surface area contributed by atoms with Crippen LogP contribution in [0.1, 0.15) is 18.7 Å². The normalized spacial score (nSPS) is 16.6. The molecule has 3 nitrogen and oxygen atoms in total. The Balaban J connectivity index is 0. The minimum Gasteiger partial charge on any atom is -0.476 e. The summed E-state index contributed by atoms with van der Waals surface area (Å²) in [5.41, 5.74) is 0. The van der Waals surface area contributed by atoms with Gasteiger partial charge in [-0.25, -0.2) is 4.79 Å². The van der Waals surface area contributed by atoms with Crippen molar-refractivity contribution in [1.82, 2.24) is 0 Å². The molecule has 0 heterocycles. The Bertz CT molecular complexity index is 193. The van der Waals surface area contributed by atoms with Crippen molar-refractivity contribution in [3.8, 4) is 0 Å². The number of carboxylic acids is 1. The summed E-state index contributed by atoms with van der Waals surface area (Å²) < 4.78 is 26.4. The molecule has 1 radical (unpaired) electrons. The van der Waals surface area contributed by atoms with Gasteiger partial charge >= 0.3 is 5.97 Å². The van der Waals surface area contributed by atoms with Crippen molar-refractivity contribution < 1.29 is 20.2 Å². The molecule has 0 atom stereocenters. The number of ketones is 1. The summed E-state index contributed by atoms with van der Waals surface area (Å²) in [6, 6.07) is 0. The topological polar surface area (TPSA) is 54.4 Å². The number of hydrogen-bond donors (Lipinski definition) is 1. The molecule has 0 aromatic heterocycles. The maximum atomic E-state index is 10.4. The first kappa shape index (κ1) is 4.04. The first-order chi connectivity index (χ1) is 4.80. The zero-order chi connectivity index (χ0) is 9.23. The third kappa shape index (κ3) is 4.30. The predicted octanol–water partition coefficient (Wildman–Crippen LogP) is -0.331. The summed E-state index contributed by atoms with van der Waals surface area (Å²) >= 11 is 0. The minimum atomic E-state index is -2.92. The zero-order valence-electron chi connectivity index (χ0n) is 8.34. The summed E-state index contributed by atoms with van der Waals surface area (Å²) in [7, 11) is 0. The largest absolute Gasteiger partial charge is 0.476 e. The Morgan fingerprint density at radius 3 is 2.50 bits per heavy atom. The van der Waals surface area contributed by atoms with E-state index in [0.717, 1.165) is 0 Å². The van der Waals surface area contributed by atoms with E-state index < -0.39 is 25.0 Å². The maximum absolute atomic E-state index is 10.4. The molecule has 0 bridgehead atoms. The molecule has 8 heavy (non-hydrogen) atoms. The van der Waals surface area contributed by atoms with Crippen LogP contribution < -0.4 is 0 Å². The standard InChI is InChI=1S/C4H6O3.Na/c1-2-3(5)4(6)7;/h2H2,1H3,(H,6,7);/i1+1D2,2D2;. The van der Waals surface area contributed by atoms with Gasteiger partial charge in [0.1, 0.15) is 0 Å². The van der Waals surface area contributed by atoms with E-state index in [1.54, 1.807) is 0 Å². The van der Waals surface area contributed by atoms with E-state index >= 15 is 0 Å². The van der Waals surface area contributed by atoms with Gasteiger partial charge in [0.25, 0.3) is 0 Å². The number of rotatable bonds is 2. The van der Waals surface area contributed by atoms with E-state index in [-0.39, 0.29) is 29.6 Å². The third-order valence-corrected chi connectivity index (χ3v) is 0.325. The molecule has 41 valence electrons. The third-order valence-electron chi connectivity index (χ3n) is 0.325. The van der Waals surface area contributed by atoms with Gasteiger partial charge in [0.2, 0.25) is 5.78 Å². The fourth-order valence-corrected chi connectivity index (χ4v) is 0.0617. The number of Topliss-reactive ketones (excluding diaryl/α,β-unsaturated/α-hetero) is 1. The van der Waals surface area contributed by atoms with Crippen LogP contribution in [0.3, 0.4) is 0 Å². The predicted molar refractivity (Wildman–Crippen MR) is 28.7 cm³/mol. The zero-order valence-corrected chi connectivity index (χ0v) is 6.34. The fraction of sp³-hybridized carbons (Fsp3) is 0.500. The quantitative estimate of drug-likeness (QED) is 0.316. The molecule has 0 spiro atoms. The van der Waals surface area contributed by atoms with Crippen LogP contribution in [-0.2, 0) is 9.59 Å². The SMILES string of the molecule is [2H][13CH]([2H])C([2H])([2H])C(=O)C(=O)O.[Na]. The van der Waals surface area contributed by atoms with Gasteiger partial charge in [-0.05, 0) is 0 Å². The van der Waals surface area contributed by atoms with Gasteiger partial charge in [0.15, 0.2) is 0 Å². The molecular formula is C4H6NaO3. The van der Waals surface area contributed by atoms with Crippen LogP contribution in [0.4, 0.5) is 0 Å². The van der Waals surface area contributed by atoms with Crippen LogP contribution in [-0.4, -0.2) is 46.4 Å². The van der Waals surface area contributed by atoms with Crippen molar-refractivity contribution in [1.29, 1.82) is 0 Å². The number of hydrogen-bond acceptors (Lipinski definition) is 2. The molecule has 0 fully saturated rings. The van der Waals surface area contributed by atoms with Crippen LogP contribution in [0, 0.1) is 0 Å². The van der Waals surface area contributed by atoms with E-state index in [0.29, 0.717) is 0 Å². The molecule has 0 amide bonds. The van der Waals surface area contributed by atoms with Gasteiger partial charge in [-0.1, -0.05) is 6.88 Å². The Labute approximate surface area is 75.0 Å². The van der Waals surface area contributed by atoms with Crippen molar-refractivity contribution in [3.63, 3.8) is 0 Å². The summed E-state index contributed by atoms with van der Waals surface area (Å²) in [5, 5.41) is 8.01. The first-order valence-electron chi connectivity index (χ1n) is 3.58. The van der Waals surface area contributed by atoms with Crippen molar-refractivity contribution in [2.75, 3.05) is 0 Å². The van der Waals surface area contributed by atoms with Crippen molar-refractivity contribution >= 4 is 41.3 Å². The Morgan fingerprint density at radius 1 is 1.88 bits per heavy atom. The molecule has 4 heteroatoms. The molecular weight excluding hydrogens is 120 g/mol. The minimum absolute atomic E-state index is 0. The van der Waals surface area contributed by atoms with Gasteiger partial charge < -0.3 is 5.11 Å². The molecule has 0 saturated carbocycles. The van der Waals surface area contributed by atoms with E-state index in [1.807, 2.05) is 0 Å². The summed E-state index contributed by atoms with van der Waals surface area (Å²) in [6.07, 6.45) is -2.92. The summed E-state index contributed by atoms with van der Waals surface area (Å²) in [4.78, 5) is 20.3. The molecule has 0 rings (SSSR count). The molecule has 0 aliphatic heterocycles. The average Bonchev–Trinajstić information content (AvgIpc) is 1.85. The van der Waals surface area contributed by atoms with Crippen molar-refractivity contribution in [2.45, 2.75) is 13.2 Å². The summed E-state index contributed by atoms with van der Waals surface area (Å²) in [5.74, 6) is -3.72. The van der Waals surface area contributed by atoms with Crippen LogP contribution in [0.2, 0.25) is 0 Å². The van der Waals surface area contributed by atoms with Gasteiger partial charge in [-0.3, -0.25) is 4.79 Å². The van der Waals surface area contributed by atoms with E-state index in [2.05, 4.69) is 0 Å². The second kappa shape index (κ2) is 5.28. The van der Waals surface area contributed by atoms with Crippen LogP contribution in [0.15, 0.2) is 0 Å². The number of aliphatic carboxylic acids is 1. The Hall–Kier alpha value is 0.140. The molecule has 0 aliphatic carbocycles. The Morgan fingerprint density at radius 2 is 2.38 bits per heavy atom. The molecule has 0 aromatic carbocycles. The second-order valence-corrected chi connectivity index (χ2v) is 0.779. The maximum Gasteiger partial charge on any atom is 0.372 e. The Kier molecular flexibility index (Phi) is 2.66. The van der Waals surface area contributed by atoms with Crippen molar-refractivity contribution in [3.05, 3.63) is 0 Å². The monoisotopic (exact) mass is 130 g/mol. The second-order valence-electron chi connectivity index (χ2n) is 0.779.